The number of carboxylic acid groups (broad SMARTS) is 1. The molecule has 0 unspecified atom stereocenters. The first kappa shape index (κ1) is 12.3. The molecule has 19 heavy (non-hydrogen) atoms. The first-order valence-corrected chi connectivity index (χ1v) is 6.87. The van der Waals surface area contributed by atoms with E-state index in [1.807, 2.05) is 6.92 Å². The lowest BCUT2D eigenvalue weighted by atomic mass is 10.2. The standard InChI is InChI=1S/C12H14N4O2S/c1-8-9(4-10(19-8)12(17)18)5-15-2-3-16-7-13-14-11(16)6-15/h4,7H,2-3,5-6H2,1H3,(H,17,18). The van der Waals surface area contributed by atoms with Crippen LogP contribution < -0.4 is 0 Å². The van der Waals surface area contributed by atoms with Crippen molar-refractivity contribution in [1.29, 1.82) is 0 Å². The van der Waals surface area contributed by atoms with E-state index in [0.29, 0.717) is 4.88 Å². The maximum Gasteiger partial charge on any atom is 0.345 e. The topological polar surface area (TPSA) is 71.2 Å². The normalized spacial score (nSPS) is 15.4. The highest BCUT2D eigenvalue weighted by molar-refractivity contribution is 7.14. The molecule has 0 spiro atoms. The summed E-state index contributed by atoms with van der Waals surface area (Å²) in [4.78, 5) is 14.7. The van der Waals surface area contributed by atoms with Crippen LogP contribution in [0.3, 0.4) is 0 Å². The first-order chi connectivity index (χ1) is 9.13. The van der Waals surface area contributed by atoms with Gasteiger partial charge >= 0.3 is 5.97 Å². The van der Waals surface area contributed by atoms with Gasteiger partial charge in [-0.05, 0) is 18.6 Å². The summed E-state index contributed by atoms with van der Waals surface area (Å²) in [5.41, 5.74) is 1.09. The number of thiophene rings is 1. The Morgan fingerprint density at radius 2 is 2.37 bits per heavy atom. The number of aromatic carboxylic acids is 1. The second-order valence-corrected chi connectivity index (χ2v) is 5.90. The third-order valence-electron chi connectivity index (χ3n) is 3.34. The van der Waals surface area contributed by atoms with Crippen LogP contribution in [0, 0.1) is 6.92 Å². The minimum atomic E-state index is -0.849. The number of aromatic nitrogens is 3. The predicted molar refractivity (Wildman–Crippen MR) is 70.2 cm³/mol. The van der Waals surface area contributed by atoms with E-state index in [0.717, 1.165) is 42.4 Å². The molecule has 3 rings (SSSR count). The number of hydrogen-bond acceptors (Lipinski definition) is 5. The zero-order valence-corrected chi connectivity index (χ0v) is 11.4. The molecule has 0 amide bonds. The molecule has 0 bridgehead atoms. The van der Waals surface area contributed by atoms with E-state index in [4.69, 9.17) is 5.11 Å². The van der Waals surface area contributed by atoms with Crippen LogP contribution in [0.2, 0.25) is 0 Å². The van der Waals surface area contributed by atoms with Gasteiger partial charge in [0.1, 0.15) is 17.0 Å². The van der Waals surface area contributed by atoms with Gasteiger partial charge in [0.15, 0.2) is 0 Å². The number of carboxylic acids is 1. The van der Waals surface area contributed by atoms with Gasteiger partial charge in [0, 0.05) is 24.5 Å². The van der Waals surface area contributed by atoms with Crippen LogP contribution in [-0.4, -0.2) is 37.3 Å². The van der Waals surface area contributed by atoms with Gasteiger partial charge in [0.25, 0.3) is 0 Å². The maximum absolute atomic E-state index is 11.0. The molecule has 0 saturated carbocycles. The summed E-state index contributed by atoms with van der Waals surface area (Å²) in [5.74, 6) is 0.121. The molecule has 1 aliphatic rings. The lowest BCUT2D eigenvalue weighted by molar-refractivity contribution is 0.0702. The predicted octanol–water partition coefficient (Wildman–Crippen LogP) is 1.36. The Morgan fingerprint density at radius 1 is 1.53 bits per heavy atom. The summed E-state index contributed by atoms with van der Waals surface area (Å²) >= 11 is 1.34. The molecule has 0 atom stereocenters. The van der Waals surface area contributed by atoms with Crippen molar-refractivity contribution in [3.05, 3.63) is 33.5 Å². The summed E-state index contributed by atoms with van der Waals surface area (Å²) in [7, 11) is 0. The largest absolute Gasteiger partial charge is 0.477 e. The number of fused-ring (bicyclic) bond motifs is 1. The number of hydrogen-bond donors (Lipinski definition) is 1. The third-order valence-corrected chi connectivity index (χ3v) is 4.42. The van der Waals surface area contributed by atoms with Crippen LogP contribution in [-0.2, 0) is 19.6 Å². The first-order valence-electron chi connectivity index (χ1n) is 6.05. The molecule has 3 heterocycles. The molecule has 6 nitrogen and oxygen atoms in total. The zero-order chi connectivity index (χ0) is 13.4. The fraction of sp³-hybridized carbons (Fsp3) is 0.417. The molecule has 1 aliphatic heterocycles. The van der Waals surface area contributed by atoms with Crippen molar-refractivity contribution < 1.29 is 9.90 Å². The second-order valence-electron chi connectivity index (χ2n) is 4.65. The van der Waals surface area contributed by atoms with Crippen molar-refractivity contribution in [3.8, 4) is 0 Å². The van der Waals surface area contributed by atoms with E-state index < -0.39 is 5.97 Å². The van der Waals surface area contributed by atoms with Crippen molar-refractivity contribution in [1.82, 2.24) is 19.7 Å². The van der Waals surface area contributed by atoms with Gasteiger partial charge in [-0.3, -0.25) is 4.90 Å². The summed E-state index contributed by atoms with van der Waals surface area (Å²) in [6.07, 6.45) is 1.76. The molecule has 7 heteroatoms. The van der Waals surface area contributed by atoms with E-state index in [9.17, 15) is 4.79 Å². The highest BCUT2D eigenvalue weighted by atomic mass is 32.1. The van der Waals surface area contributed by atoms with Crippen molar-refractivity contribution in [2.45, 2.75) is 26.6 Å². The van der Waals surface area contributed by atoms with Gasteiger partial charge < -0.3 is 9.67 Å². The van der Waals surface area contributed by atoms with Crippen LogP contribution in [0.1, 0.15) is 25.9 Å². The van der Waals surface area contributed by atoms with Crippen molar-refractivity contribution in [3.63, 3.8) is 0 Å². The smallest absolute Gasteiger partial charge is 0.345 e. The summed E-state index contributed by atoms with van der Waals surface area (Å²) in [6, 6.07) is 1.78. The quantitative estimate of drug-likeness (QED) is 0.918. The van der Waals surface area contributed by atoms with Crippen molar-refractivity contribution in [2.24, 2.45) is 0 Å². The average Bonchev–Trinajstić information content (AvgIpc) is 2.96. The molecule has 0 fully saturated rings. The van der Waals surface area contributed by atoms with Crippen molar-refractivity contribution >= 4 is 17.3 Å². The third kappa shape index (κ3) is 2.39. The Labute approximate surface area is 114 Å². The van der Waals surface area contributed by atoms with Gasteiger partial charge in [0.05, 0.1) is 6.54 Å². The molecule has 0 aliphatic carbocycles. The molecule has 2 aromatic heterocycles. The Hall–Kier alpha value is -1.73. The average molecular weight is 278 g/mol. The Morgan fingerprint density at radius 3 is 3.11 bits per heavy atom. The van der Waals surface area contributed by atoms with Crippen LogP contribution in [0.25, 0.3) is 0 Å². The van der Waals surface area contributed by atoms with Gasteiger partial charge in [-0.25, -0.2) is 4.79 Å². The molecule has 0 aromatic carbocycles. The van der Waals surface area contributed by atoms with E-state index in [-0.39, 0.29) is 0 Å². The summed E-state index contributed by atoms with van der Waals surface area (Å²) < 4.78 is 2.06. The minimum Gasteiger partial charge on any atom is -0.477 e. The van der Waals surface area contributed by atoms with E-state index in [1.54, 1.807) is 12.4 Å². The molecular weight excluding hydrogens is 264 g/mol. The minimum absolute atomic E-state index is 0.410. The number of nitrogens with zero attached hydrogens (tertiary/aromatic N) is 4. The molecule has 1 N–H and O–H groups in total. The van der Waals surface area contributed by atoms with Crippen LogP contribution in [0.4, 0.5) is 0 Å². The number of rotatable bonds is 3. The Kier molecular flexibility index (Phi) is 3.08. The SMILES string of the molecule is Cc1sc(C(=O)O)cc1CN1CCn2cnnc2C1. The van der Waals surface area contributed by atoms with E-state index in [1.165, 1.54) is 11.3 Å². The zero-order valence-electron chi connectivity index (χ0n) is 10.5. The van der Waals surface area contributed by atoms with Gasteiger partial charge in [0.2, 0.25) is 0 Å². The van der Waals surface area contributed by atoms with Crippen LogP contribution in [0.5, 0.6) is 0 Å². The Balaban J connectivity index is 1.74. The summed E-state index contributed by atoms with van der Waals surface area (Å²) in [6.45, 7) is 5.32. The van der Waals surface area contributed by atoms with E-state index in [2.05, 4.69) is 19.7 Å². The lowest BCUT2D eigenvalue weighted by Gasteiger charge is -2.26. The van der Waals surface area contributed by atoms with Crippen LogP contribution >= 0.6 is 11.3 Å². The van der Waals surface area contributed by atoms with E-state index >= 15 is 0 Å². The molecule has 100 valence electrons. The lowest BCUT2D eigenvalue weighted by Crippen LogP contribution is -2.33. The maximum atomic E-state index is 11.0. The van der Waals surface area contributed by atoms with Gasteiger partial charge in [-0.1, -0.05) is 0 Å². The fourth-order valence-corrected chi connectivity index (χ4v) is 3.15. The molecular formula is C12H14N4O2S. The molecule has 0 saturated heterocycles. The number of carbonyl (C=O) groups is 1. The monoisotopic (exact) mass is 278 g/mol. The number of aryl methyl sites for hydroxylation is 1. The molecule has 0 radical (unpaired) electrons. The van der Waals surface area contributed by atoms with Crippen molar-refractivity contribution in [2.75, 3.05) is 6.54 Å². The Bertz CT molecular complexity index is 619. The van der Waals surface area contributed by atoms with Gasteiger partial charge in [-0.15, -0.1) is 21.5 Å². The molecule has 2 aromatic rings. The summed E-state index contributed by atoms with van der Waals surface area (Å²) in [5, 5.41) is 17.0. The second kappa shape index (κ2) is 4.75. The van der Waals surface area contributed by atoms with Gasteiger partial charge in [-0.2, -0.15) is 0 Å². The van der Waals surface area contributed by atoms with Crippen LogP contribution in [0.15, 0.2) is 12.4 Å². The fourth-order valence-electron chi connectivity index (χ4n) is 2.27. The highest BCUT2D eigenvalue weighted by Gasteiger charge is 2.19. The highest BCUT2D eigenvalue weighted by Crippen LogP contribution is 2.24.